The van der Waals surface area contributed by atoms with E-state index in [-0.39, 0.29) is 35.7 Å². The molecule has 0 amide bonds. The first-order valence-corrected chi connectivity index (χ1v) is 10.1. The summed E-state index contributed by atoms with van der Waals surface area (Å²) in [6, 6.07) is 0. The molecule has 0 aromatic heterocycles. The van der Waals surface area contributed by atoms with Crippen molar-refractivity contribution in [3.8, 4) is 0 Å². The molecule has 0 unspecified atom stereocenters. The van der Waals surface area contributed by atoms with Crippen LogP contribution in [0.4, 0.5) is 0 Å². The van der Waals surface area contributed by atoms with E-state index in [1.54, 1.807) is 0 Å². The van der Waals surface area contributed by atoms with Gasteiger partial charge in [-0.2, -0.15) is 13.0 Å². The van der Waals surface area contributed by atoms with E-state index in [1.807, 2.05) is 6.92 Å². The second-order valence-corrected chi connectivity index (χ2v) is 9.90. The topological polar surface area (TPSA) is 40.5 Å². The summed E-state index contributed by atoms with van der Waals surface area (Å²) in [6.45, 7) is 6.97. The van der Waals surface area contributed by atoms with Crippen LogP contribution in [0.1, 0.15) is 78.6 Å². The maximum absolute atomic E-state index is 10.2. The van der Waals surface area contributed by atoms with Gasteiger partial charge in [0.1, 0.15) is 0 Å². The van der Waals surface area contributed by atoms with Crippen molar-refractivity contribution in [3.05, 3.63) is 6.10 Å². The van der Waals surface area contributed by atoms with Crippen molar-refractivity contribution in [3.63, 3.8) is 0 Å². The van der Waals surface area contributed by atoms with E-state index < -0.39 is 0 Å². The van der Waals surface area contributed by atoms with Gasteiger partial charge in [-0.05, 0) is 74.0 Å². The fourth-order valence-corrected chi connectivity index (χ4v) is 7.92. The fourth-order valence-electron chi connectivity index (χ4n) is 7.92. The van der Waals surface area contributed by atoms with Crippen LogP contribution in [0, 0.1) is 46.5 Å². The van der Waals surface area contributed by atoms with E-state index in [0.29, 0.717) is 22.9 Å². The van der Waals surface area contributed by atoms with E-state index >= 15 is 0 Å². The van der Waals surface area contributed by atoms with Crippen molar-refractivity contribution in [2.24, 2.45) is 40.4 Å². The summed E-state index contributed by atoms with van der Waals surface area (Å²) in [4.78, 5) is 0. The molecule has 0 radical (unpaired) electrons. The molecular weight excluding hydrogens is 307 g/mol. The summed E-state index contributed by atoms with van der Waals surface area (Å²) in [5.41, 5.74) is 0.816. The summed E-state index contributed by atoms with van der Waals surface area (Å²) in [6.07, 6.45) is 11.8. The Morgan fingerprint density at radius 2 is 1.54 bits per heavy atom. The summed E-state index contributed by atoms with van der Waals surface area (Å²) in [5, 5.41) is 20.3. The largest absolute Gasteiger partial charge is 1.00 e. The minimum atomic E-state index is -0.0408. The minimum Gasteiger partial charge on any atom is -0.563 e. The van der Waals surface area contributed by atoms with Crippen LogP contribution < -0.4 is 29.6 Å². The normalized spacial score (nSPS) is 53.8. The van der Waals surface area contributed by atoms with E-state index in [9.17, 15) is 10.2 Å². The first-order valence-electron chi connectivity index (χ1n) is 10.1. The summed E-state index contributed by atoms with van der Waals surface area (Å²) in [5.74, 6) is 3.74. The van der Waals surface area contributed by atoms with Gasteiger partial charge in [0.15, 0.2) is 0 Å². The number of aliphatic hydroxyl groups excluding tert-OH is 2. The average Bonchev–Trinajstić information content (AvgIpc) is 2.85. The molecule has 0 spiro atoms. The van der Waals surface area contributed by atoms with Gasteiger partial charge in [0, 0.05) is 0 Å². The van der Waals surface area contributed by atoms with Crippen molar-refractivity contribution in [2.75, 3.05) is 0 Å². The van der Waals surface area contributed by atoms with E-state index in [0.717, 1.165) is 36.5 Å². The molecule has 4 fully saturated rings. The second kappa shape index (κ2) is 6.82. The summed E-state index contributed by atoms with van der Waals surface area (Å²) < 4.78 is 0. The molecule has 4 aliphatic carbocycles. The van der Waals surface area contributed by atoms with Crippen molar-refractivity contribution in [1.29, 1.82) is 0 Å². The van der Waals surface area contributed by atoms with Crippen molar-refractivity contribution >= 4 is 0 Å². The molecule has 8 atom stereocenters. The maximum Gasteiger partial charge on any atom is 1.00 e. The van der Waals surface area contributed by atoms with E-state index in [4.69, 9.17) is 0 Å². The van der Waals surface area contributed by atoms with Crippen LogP contribution in [0.2, 0.25) is 0 Å². The third-order valence-electron chi connectivity index (χ3n) is 9.14. The van der Waals surface area contributed by atoms with Gasteiger partial charge in [-0.1, -0.05) is 32.1 Å². The summed E-state index contributed by atoms with van der Waals surface area (Å²) in [7, 11) is 0. The Kier molecular flexibility index (Phi) is 5.59. The Labute approximate surface area is 170 Å². The average molecular weight is 342 g/mol. The maximum atomic E-state index is 10.2. The van der Waals surface area contributed by atoms with Crippen LogP contribution in [0.5, 0.6) is 0 Å². The molecule has 24 heavy (non-hydrogen) atoms. The molecular formula is C21H35NaO2. The number of rotatable bonds is 1. The third kappa shape index (κ3) is 2.78. The molecule has 0 saturated heterocycles. The molecule has 2 N–H and O–H groups in total. The predicted octanol–water partition coefficient (Wildman–Crippen LogP) is 1.93. The van der Waals surface area contributed by atoms with Gasteiger partial charge >= 0.3 is 29.6 Å². The van der Waals surface area contributed by atoms with Crippen LogP contribution in [-0.2, 0) is 0 Å². The zero-order chi connectivity index (χ0) is 16.4. The van der Waals surface area contributed by atoms with E-state index in [1.165, 1.54) is 44.9 Å². The van der Waals surface area contributed by atoms with Gasteiger partial charge in [-0.25, -0.2) is 0 Å². The second-order valence-electron chi connectivity index (χ2n) is 9.90. The first-order chi connectivity index (χ1) is 10.9. The molecule has 132 valence electrons. The Morgan fingerprint density at radius 3 is 2.25 bits per heavy atom. The summed E-state index contributed by atoms with van der Waals surface area (Å²) >= 11 is 0. The third-order valence-corrected chi connectivity index (χ3v) is 9.14. The Bertz CT molecular complexity index is 467. The van der Waals surface area contributed by atoms with Crippen LogP contribution in [-0.4, -0.2) is 16.3 Å². The zero-order valence-corrected chi connectivity index (χ0v) is 18.2. The van der Waals surface area contributed by atoms with Crippen molar-refractivity contribution in [2.45, 2.75) is 84.7 Å². The van der Waals surface area contributed by atoms with Crippen LogP contribution >= 0.6 is 0 Å². The van der Waals surface area contributed by atoms with Crippen LogP contribution in [0.25, 0.3) is 0 Å². The molecule has 3 heteroatoms. The van der Waals surface area contributed by atoms with Gasteiger partial charge in [0.25, 0.3) is 0 Å². The van der Waals surface area contributed by atoms with Crippen LogP contribution in [0.15, 0.2) is 0 Å². The van der Waals surface area contributed by atoms with Gasteiger partial charge in [0.2, 0.25) is 0 Å². The van der Waals surface area contributed by atoms with E-state index in [2.05, 4.69) is 13.8 Å². The number of aliphatic hydroxyl groups is 2. The Morgan fingerprint density at radius 1 is 0.875 bits per heavy atom. The number of hydrogen-bond acceptors (Lipinski definition) is 2. The molecule has 4 saturated carbocycles. The molecule has 0 bridgehead atoms. The smallest absolute Gasteiger partial charge is 0.563 e. The first kappa shape index (κ1) is 19.7. The molecule has 0 aliphatic heterocycles. The molecule has 4 rings (SSSR count). The molecule has 0 heterocycles. The number of hydrogen-bond donors (Lipinski definition) is 2. The Balaban J connectivity index is 0.00000169. The quantitative estimate of drug-likeness (QED) is 0.565. The molecule has 0 aromatic carbocycles. The molecule has 0 aromatic rings. The van der Waals surface area contributed by atoms with Crippen molar-refractivity contribution in [1.82, 2.24) is 0 Å². The van der Waals surface area contributed by atoms with Gasteiger partial charge in [-0.15, -0.1) is 5.92 Å². The van der Waals surface area contributed by atoms with Gasteiger partial charge in [0.05, 0.1) is 6.10 Å². The molecule has 4 aliphatic rings. The fraction of sp³-hybridized carbons (Fsp3) is 0.952. The van der Waals surface area contributed by atoms with Crippen molar-refractivity contribution < 1.29 is 39.8 Å². The number of fused-ring (bicyclic) bond motifs is 5. The molecule has 2 nitrogen and oxygen atoms in total. The monoisotopic (exact) mass is 342 g/mol. The minimum absolute atomic E-state index is 0. The van der Waals surface area contributed by atoms with Gasteiger partial charge in [-0.3, -0.25) is 0 Å². The predicted molar refractivity (Wildman–Crippen MR) is 92.1 cm³/mol. The van der Waals surface area contributed by atoms with Crippen LogP contribution in [0.3, 0.4) is 0 Å². The van der Waals surface area contributed by atoms with Gasteiger partial charge < -0.3 is 10.2 Å². The zero-order valence-electron chi connectivity index (χ0n) is 16.2. The SMILES string of the molecule is C[C-](O)[C@H]1CC[C@H]2[C@@H]3CC[C@H]4C[C@@H](O)CC[C@]4(C)[C@H]3CC[C@]12C.[Na+]. The Hall–Kier alpha value is 0.920. The standard InChI is InChI=1S/C21H35O2.Na/c1-13(22)17-6-7-18-16-5-4-14-12-15(23)8-10-20(14,2)19(16)9-11-21(17,18)3;/h14-19,22-23H,4-12H2,1-3H3;/q-1;+1/t14-,15-,16-,17+,18-,19-,20-,21+;/m0./s1.